The van der Waals surface area contributed by atoms with Crippen molar-refractivity contribution in [1.29, 1.82) is 0 Å². The van der Waals surface area contributed by atoms with Gasteiger partial charge in [0.15, 0.2) is 0 Å². The fourth-order valence-electron chi connectivity index (χ4n) is 1.18. The molecule has 4 nitrogen and oxygen atoms in total. The normalized spacial score (nSPS) is 11.9. The molecule has 0 fully saturated rings. The number of carbonyl (C=O) groups excluding carboxylic acids is 1. The maximum Gasteiger partial charge on any atom is 0.327 e. The minimum Gasteiger partial charge on any atom is -0.480 e. The van der Waals surface area contributed by atoms with E-state index in [0.29, 0.717) is 0 Å². The van der Waals surface area contributed by atoms with Crippen molar-refractivity contribution in [2.24, 2.45) is 0 Å². The first kappa shape index (κ1) is 14.4. The molecule has 0 heterocycles. The van der Waals surface area contributed by atoms with E-state index in [-0.39, 0.29) is 10.6 Å². The molecule has 7 heteroatoms. The van der Waals surface area contributed by atoms with E-state index in [1.54, 1.807) is 0 Å². The Balaban J connectivity index is 2.69. The van der Waals surface area contributed by atoms with Crippen molar-refractivity contribution in [2.45, 2.75) is 17.9 Å². The molecule has 1 unspecified atom stereocenters. The third kappa shape index (κ3) is 4.33. The maximum atomic E-state index is 13.3. The number of carboxylic acid groups (broad SMARTS) is 1. The van der Waals surface area contributed by atoms with Crippen LogP contribution in [-0.4, -0.2) is 28.8 Å². The van der Waals surface area contributed by atoms with Gasteiger partial charge in [-0.25, -0.2) is 13.6 Å². The minimum atomic E-state index is -1.23. The van der Waals surface area contributed by atoms with Gasteiger partial charge in [0.1, 0.15) is 17.7 Å². The lowest BCUT2D eigenvalue weighted by Gasteiger charge is -2.12. The average Bonchev–Trinajstić information content (AvgIpc) is 2.27. The maximum absolute atomic E-state index is 13.3. The van der Waals surface area contributed by atoms with Gasteiger partial charge in [-0.05, 0) is 18.2 Å². The van der Waals surface area contributed by atoms with E-state index in [1.807, 2.05) is 0 Å². The lowest BCUT2D eigenvalue weighted by molar-refractivity contribution is -0.140. The zero-order chi connectivity index (χ0) is 13.7. The standard InChI is InChI=1S/C11H11F2NO3S/c1-6(15)14-9(11(16)17)5-18-10-4-7(12)2-3-8(10)13/h2-4,9H,5H2,1H3,(H,14,15)(H,16,17). The summed E-state index contributed by atoms with van der Waals surface area (Å²) in [4.78, 5) is 21.6. The predicted molar refractivity (Wildman–Crippen MR) is 62.3 cm³/mol. The third-order valence-corrected chi connectivity index (χ3v) is 3.10. The summed E-state index contributed by atoms with van der Waals surface area (Å²) in [5, 5.41) is 11.0. The molecule has 1 aromatic carbocycles. The molecular weight excluding hydrogens is 264 g/mol. The smallest absolute Gasteiger partial charge is 0.327 e. The number of hydrogen-bond acceptors (Lipinski definition) is 3. The fourth-order valence-corrected chi connectivity index (χ4v) is 2.15. The molecule has 0 radical (unpaired) electrons. The topological polar surface area (TPSA) is 66.4 Å². The lowest BCUT2D eigenvalue weighted by atomic mass is 10.3. The van der Waals surface area contributed by atoms with Crippen LogP contribution in [-0.2, 0) is 9.59 Å². The van der Waals surface area contributed by atoms with Crippen LogP contribution in [0.5, 0.6) is 0 Å². The molecule has 1 amide bonds. The Morgan fingerprint density at radius 2 is 2.11 bits per heavy atom. The number of carbonyl (C=O) groups is 2. The summed E-state index contributed by atoms with van der Waals surface area (Å²) < 4.78 is 26.1. The van der Waals surface area contributed by atoms with Crippen molar-refractivity contribution in [3.63, 3.8) is 0 Å². The molecule has 1 aromatic rings. The number of aliphatic carboxylic acids is 1. The Kier molecular flexibility index (Phi) is 5.08. The molecular formula is C11H11F2NO3S. The second-order valence-electron chi connectivity index (χ2n) is 3.48. The highest BCUT2D eigenvalue weighted by atomic mass is 32.2. The molecule has 0 aliphatic carbocycles. The summed E-state index contributed by atoms with van der Waals surface area (Å²) in [7, 11) is 0. The molecule has 18 heavy (non-hydrogen) atoms. The second-order valence-corrected chi connectivity index (χ2v) is 4.54. The second kappa shape index (κ2) is 6.34. The molecule has 2 N–H and O–H groups in total. The molecule has 0 aliphatic rings. The van der Waals surface area contributed by atoms with Gasteiger partial charge in [0.05, 0.1) is 0 Å². The van der Waals surface area contributed by atoms with Gasteiger partial charge in [-0.15, -0.1) is 11.8 Å². The van der Waals surface area contributed by atoms with E-state index < -0.39 is 29.6 Å². The van der Waals surface area contributed by atoms with E-state index in [1.165, 1.54) is 6.92 Å². The molecule has 0 saturated carbocycles. The highest BCUT2D eigenvalue weighted by Gasteiger charge is 2.19. The summed E-state index contributed by atoms with van der Waals surface area (Å²) in [5.41, 5.74) is 0. The fraction of sp³-hybridized carbons (Fsp3) is 0.273. The van der Waals surface area contributed by atoms with Crippen LogP contribution >= 0.6 is 11.8 Å². The van der Waals surface area contributed by atoms with Crippen LogP contribution in [0.15, 0.2) is 23.1 Å². The van der Waals surface area contributed by atoms with Crippen LogP contribution in [0, 0.1) is 11.6 Å². The van der Waals surface area contributed by atoms with Crippen LogP contribution in [0.1, 0.15) is 6.92 Å². The number of rotatable bonds is 5. The van der Waals surface area contributed by atoms with E-state index in [9.17, 15) is 18.4 Å². The van der Waals surface area contributed by atoms with Crippen molar-refractivity contribution in [1.82, 2.24) is 5.32 Å². The Morgan fingerprint density at radius 1 is 1.44 bits per heavy atom. The molecule has 1 atom stereocenters. The summed E-state index contributed by atoms with van der Waals surface area (Å²) in [6, 6.07) is 1.77. The van der Waals surface area contributed by atoms with Crippen LogP contribution in [0.3, 0.4) is 0 Å². The molecule has 0 spiro atoms. The first-order chi connectivity index (χ1) is 8.40. The number of thioether (sulfide) groups is 1. The SMILES string of the molecule is CC(=O)NC(CSc1cc(F)ccc1F)C(=O)O. The molecule has 0 aromatic heterocycles. The van der Waals surface area contributed by atoms with Crippen LogP contribution < -0.4 is 5.32 Å². The lowest BCUT2D eigenvalue weighted by Crippen LogP contribution is -2.41. The van der Waals surface area contributed by atoms with Crippen molar-refractivity contribution in [2.75, 3.05) is 5.75 Å². The van der Waals surface area contributed by atoms with Gasteiger partial charge in [-0.3, -0.25) is 4.79 Å². The predicted octanol–water partition coefficient (Wildman–Crippen LogP) is 1.65. The van der Waals surface area contributed by atoms with Crippen LogP contribution in [0.4, 0.5) is 8.78 Å². The Labute approximate surface area is 106 Å². The number of nitrogens with one attached hydrogen (secondary N) is 1. The van der Waals surface area contributed by atoms with Crippen LogP contribution in [0.25, 0.3) is 0 Å². The van der Waals surface area contributed by atoms with Gasteiger partial charge < -0.3 is 10.4 Å². The van der Waals surface area contributed by atoms with Crippen molar-refractivity contribution >= 4 is 23.6 Å². The number of hydrogen-bond donors (Lipinski definition) is 2. The van der Waals surface area contributed by atoms with Gasteiger partial charge in [-0.2, -0.15) is 0 Å². The summed E-state index contributed by atoms with van der Waals surface area (Å²) >= 11 is 0.829. The molecule has 0 bridgehead atoms. The number of benzene rings is 1. The molecule has 98 valence electrons. The summed E-state index contributed by atoms with van der Waals surface area (Å²) in [6.07, 6.45) is 0. The van der Waals surface area contributed by atoms with Crippen molar-refractivity contribution in [3.8, 4) is 0 Å². The average molecular weight is 275 g/mol. The number of carboxylic acids is 1. The minimum absolute atomic E-state index is 0.00611. The molecule has 0 saturated heterocycles. The van der Waals surface area contributed by atoms with Crippen molar-refractivity contribution in [3.05, 3.63) is 29.8 Å². The van der Waals surface area contributed by atoms with Gasteiger partial charge in [0.2, 0.25) is 5.91 Å². The number of halogens is 2. The molecule has 0 aliphatic heterocycles. The Bertz CT molecular complexity index is 468. The van der Waals surface area contributed by atoms with Gasteiger partial charge in [0, 0.05) is 17.6 Å². The highest BCUT2D eigenvalue weighted by Crippen LogP contribution is 2.23. The largest absolute Gasteiger partial charge is 0.480 e. The highest BCUT2D eigenvalue weighted by molar-refractivity contribution is 7.99. The van der Waals surface area contributed by atoms with E-state index in [2.05, 4.69) is 5.32 Å². The van der Waals surface area contributed by atoms with Crippen LogP contribution in [0.2, 0.25) is 0 Å². The van der Waals surface area contributed by atoms with E-state index in [0.717, 1.165) is 30.0 Å². The zero-order valence-corrected chi connectivity index (χ0v) is 10.3. The van der Waals surface area contributed by atoms with E-state index >= 15 is 0 Å². The Hall–Kier alpha value is -1.63. The first-order valence-electron chi connectivity index (χ1n) is 4.98. The third-order valence-electron chi connectivity index (χ3n) is 1.97. The van der Waals surface area contributed by atoms with Gasteiger partial charge in [-0.1, -0.05) is 0 Å². The summed E-state index contributed by atoms with van der Waals surface area (Å²) in [5.74, 6) is -3.05. The number of amides is 1. The molecule has 1 rings (SSSR count). The first-order valence-corrected chi connectivity index (χ1v) is 5.96. The van der Waals surface area contributed by atoms with Crippen molar-refractivity contribution < 1.29 is 23.5 Å². The van der Waals surface area contributed by atoms with E-state index in [4.69, 9.17) is 5.11 Å². The Morgan fingerprint density at radius 3 is 2.67 bits per heavy atom. The monoisotopic (exact) mass is 275 g/mol. The quantitative estimate of drug-likeness (QED) is 0.802. The summed E-state index contributed by atoms with van der Waals surface area (Å²) in [6.45, 7) is 1.18. The zero-order valence-electron chi connectivity index (χ0n) is 9.44. The van der Waals surface area contributed by atoms with Gasteiger partial charge >= 0.3 is 5.97 Å². The van der Waals surface area contributed by atoms with Gasteiger partial charge in [0.25, 0.3) is 0 Å².